The first-order chi connectivity index (χ1) is 14.1. The topological polar surface area (TPSA) is 115 Å². The van der Waals surface area contributed by atoms with Gasteiger partial charge < -0.3 is 20.4 Å². The van der Waals surface area contributed by atoms with Crippen LogP contribution in [-0.2, 0) is 22.4 Å². The Hall–Kier alpha value is -2.24. The first-order valence-corrected chi connectivity index (χ1v) is 11.1. The van der Waals surface area contributed by atoms with Gasteiger partial charge in [-0.25, -0.2) is 0 Å². The number of carboxylic acid groups (broad SMARTS) is 2. The van der Waals surface area contributed by atoms with Crippen LogP contribution in [0, 0.1) is 10.8 Å². The third-order valence-electron chi connectivity index (χ3n) is 6.48. The average molecular weight is 421 g/mol. The maximum atomic E-state index is 11.2. The zero-order valence-electron chi connectivity index (χ0n) is 18.2. The van der Waals surface area contributed by atoms with Gasteiger partial charge in [0.15, 0.2) is 11.5 Å². The molecule has 1 aliphatic carbocycles. The molecule has 1 fully saturated rings. The lowest BCUT2D eigenvalue weighted by Gasteiger charge is -2.18. The molecule has 0 heterocycles. The SMILES string of the molecule is CC(C)(CCCCCc1cc(O)c(O)c(CCCCCC2(C(=O)O)CC2)c1)C(=O)O. The lowest BCUT2D eigenvalue weighted by atomic mass is 9.87. The number of phenols is 2. The molecule has 0 aliphatic heterocycles. The predicted octanol–water partition coefficient (Wildman–Crippen LogP) is 5.28. The maximum Gasteiger partial charge on any atom is 0.309 e. The number of carboxylic acids is 2. The Morgan fingerprint density at radius 1 is 0.933 bits per heavy atom. The van der Waals surface area contributed by atoms with Gasteiger partial charge in [0.05, 0.1) is 10.8 Å². The zero-order chi connectivity index (χ0) is 22.4. The van der Waals surface area contributed by atoms with Gasteiger partial charge in [0.1, 0.15) is 0 Å². The fourth-order valence-corrected chi connectivity index (χ4v) is 3.93. The number of phenolic OH excluding ortho intramolecular Hbond substituents is 2. The molecule has 1 aliphatic rings. The summed E-state index contributed by atoms with van der Waals surface area (Å²) in [6.45, 7) is 3.48. The van der Waals surface area contributed by atoms with Crippen molar-refractivity contribution in [3.05, 3.63) is 23.3 Å². The molecule has 2 rings (SSSR count). The number of hydrogen-bond acceptors (Lipinski definition) is 4. The van der Waals surface area contributed by atoms with E-state index in [0.717, 1.165) is 75.3 Å². The first-order valence-electron chi connectivity index (χ1n) is 11.1. The van der Waals surface area contributed by atoms with Crippen molar-refractivity contribution in [1.29, 1.82) is 0 Å². The minimum Gasteiger partial charge on any atom is -0.504 e. The molecule has 0 atom stereocenters. The molecule has 30 heavy (non-hydrogen) atoms. The molecule has 0 saturated heterocycles. The third kappa shape index (κ3) is 6.64. The van der Waals surface area contributed by atoms with E-state index in [0.29, 0.717) is 12.8 Å². The van der Waals surface area contributed by atoms with Crippen molar-refractivity contribution < 1.29 is 30.0 Å². The third-order valence-corrected chi connectivity index (χ3v) is 6.48. The molecule has 6 nitrogen and oxygen atoms in total. The summed E-state index contributed by atoms with van der Waals surface area (Å²) in [5.41, 5.74) is 0.533. The molecule has 0 bridgehead atoms. The van der Waals surface area contributed by atoms with Crippen LogP contribution in [0.2, 0.25) is 0 Å². The van der Waals surface area contributed by atoms with E-state index in [1.807, 2.05) is 6.07 Å². The summed E-state index contributed by atoms with van der Waals surface area (Å²) in [6.07, 6.45) is 9.62. The van der Waals surface area contributed by atoms with Gasteiger partial charge in [-0.15, -0.1) is 0 Å². The highest BCUT2D eigenvalue weighted by Crippen LogP contribution is 2.50. The van der Waals surface area contributed by atoms with Crippen molar-refractivity contribution >= 4 is 11.9 Å². The molecule has 168 valence electrons. The van der Waals surface area contributed by atoms with Crippen molar-refractivity contribution in [1.82, 2.24) is 0 Å². The standard InChI is InChI=1S/C24H36O6/c1-23(2,21(27)28)11-7-3-5-9-17-15-18(20(26)19(25)16-17)10-6-4-8-12-24(13-14-24)22(29)30/h15-16,25-26H,3-14H2,1-2H3,(H,27,28)(H,29,30). The van der Waals surface area contributed by atoms with E-state index >= 15 is 0 Å². The minimum absolute atomic E-state index is 0.0637. The van der Waals surface area contributed by atoms with Crippen LogP contribution in [0.15, 0.2) is 12.1 Å². The van der Waals surface area contributed by atoms with Crippen LogP contribution < -0.4 is 0 Å². The molecule has 0 unspecified atom stereocenters. The monoisotopic (exact) mass is 420 g/mol. The molecule has 0 amide bonds. The van der Waals surface area contributed by atoms with E-state index in [9.17, 15) is 24.9 Å². The van der Waals surface area contributed by atoms with Crippen molar-refractivity contribution in [2.75, 3.05) is 0 Å². The molecule has 0 aromatic heterocycles. The second-order valence-corrected chi connectivity index (χ2v) is 9.52. The van der Waals surface area contributed by atoms with Crippen molar-refractivity contribution in [2.45, 2.75) is 90.9 Å². The Kier molecular flexibility index (Phi) is 8.16. The number of unbranched alkanes of at least 4 members (excludes halogenated alkanes) is 4. The minimum atomic E-state index is -0.772. The van der Waals surface area contributed by atoms with Crippen molar-refractivity contribution in [3.63, 3.8) is 0 Å². The molecule has 0 spiro atoms. The number of hydrogen-bond donors (Lipinski definition) is 4. The lowest BCUT2D eigenvalue weighted by molar-refractivity contribution is -0.147. The fraction of sp³-hybridized carbons (Fsp3) is 0.667. The van der Waals surface area contributed by atoms with Crippen LogP contribution in [-0.4, -0.2) is 32.4 Å². The van der Waals surface area contributed by atoms with Crippen LogP contribution in [0.1, 0.15) is 89.2 Å². The summed E-state index contributed by atoms with van der Waals surface area (Å²) in [5.74, 6) is -1.61. The van der Waals surface area contributed by atoms with Crippen LogP contribution >= 0.6 is 0 Å². The largest absolute Gasteiger partial charge is 0.504 e. The number of aliphatic carboxylic acids is 2. The molecule has 6 heteroatoms. The number of benzene rings is 1. The van der Waals surface area contributed by atoms with Gasteiger partial charge in [-0.1, -0.05) is 31.7 Å². The number of rotatable bonds is 14. The van der Waals surface area contributed by atoms with Gasteiger partial charge in [0.2, 0.25) is 0 Å². The van der Waals surface area contributed by atoms with E-state index in [2.05, 4.69) is 0 Å². The highest BCUT2D eigenvalue weighted by Gasteiger charge is 2.49. The fourth-order valence-electron chi connectivity index (χ4n) is 3.93. The first kappa shape index (κ1) is 24.0. The predicted molar refractivity (Wildman–Crippen MR) is 115 cm³/mol. The van der Waals surface area contributed by atoms with Gasteiger partial charge in [-0.3, -0.25) is 9.59 Å². The van der Waals surface area contributed by atoms with E-state index in [1.165, 1.54) is 0 Å². The smallest absolute Gasteiger partial charge is 0.309 e. The highest BCUT2D eigenvalue weighted by atomic mass is 16.4. The van der Waals surface area contributed by atoms with E-state index < -0.39 is 22.8 Å². The second-order valence-electron chi connectivity index (χ2n) is 9.52. The summed E-state index contributed by atoms with van der Waals surface area (Å²) in [7, 11) is 0. The van der Waals surface area contributed by atoms with E-state index in [1.54, 1.807) is 19.9 Å². The van der Waals surface area contributed by atoms with Crippen LogP contribution in [0.4, 0.5) is 0 Å². The Morgan fingerprint density at radius 2 is 1.57 bits per heavy atom. The number of carbonyl (C=O) groups is 2. The Bertz CT molecular complexity index is 748. The van der Waals surface area contributed by atoms with Gasteiger partial charge in [-0.05, 0) is 82.4 Å². The summed E-state index contributed by atoms with van der Waals surface area (Å²) >= 11 is 0. The molecule has 1 aromatic carbocycles. The molecule has 4 N–H and O–H groups in total. The molecular weight excluding hydrogens is 384 g/mol. The Morgan fingerprint density at radius 3 is 2.17 bits per heavy atom. The highest BCUT2D eigenvalue weighted by molar-refractivity contribution is 5.77. The molecule has 1 saturated carbocycles. The Balaban J connectivity index is 1.75. The lowest BCUT2D eigenvalue weighted by Crippen LogP contribution is -2.23. The number of aryl methyl sites for hydroxylation is 2. The molecule has 0 radical (unpaired) electrons. The second kappa shape index (κ2) is 10.2. The van der Waals surface area contributed by atoms with E-state index in [-0.39, 0.29) is 11.5 Å². The van der Waals surface area contributed by atoms with Crippen molar-refractivity contribution in [3.8, 4) is 11.5 Å². The Labute approximate surface area is 178 Å². The quantitative estimate of drug-likeness (QED) is 0.240. The van der Waals surface area contributed by atoms with Gasteiger partial charge >= 0.3 is 11.9 Å². The van der Waals surface area contributed by atoms with Gasteiger partial charge in [0.25, 0.3) is 0 Å². The van der Waals surface area contributed by atoms with Crippen LogP contribution in [0.3, 0.4) is 0 Å². The van der Waals surface area contributed by atoms with Gasteiger partial charge in [0, 0.05) is 0 Å². The maximum absolute atomic E-state index is 11.2. The summed E-state index contributed by atoms with van der Waals surface area (Å²) in [6, 6.07) is 3.54. The number of aromatic hydroxyl groups is 2. The van der Waals surface area contributed by atoms with Crippen LogP contribution in [0.25, 0.3) is 0 Å². The average Bonchev–Trinajstić information content (AvgIpc) is 3.45. The molecule has 1 aromatic rings. The van der Waals surface area contributed by atoms with E-state index in [4.69, 9.17) is 5.11 Å². The normalized spacial score (nSPS) is 15.1. The zero-order valence-corrected chi connectivity index (χ0v) is 18.2. The van der Waals surface area contributed by atoms with Crippen molar-refractivity contribution in [2.24, 2.45) is 10.8 Å². The molecular formula is C24H36O6. The van der Waals surface area contributed by atoms with Gasteiger partial charge in [-0.2, -0.15) is 0 Å². The van der Waals surface area contributed by atoms with Crippen LogP contribution in [0.5, 0.6) is 11.5 Å². The summed E-state index contributed by atoms with van der Waals surface area (Å²) in [5, 5.41) is 38.6. The summed E-state index contributed by atoms with van der Waals surface area (Å²) < 4.78 is 0. The summed E-state index contributed by atoms with van der Waals surface area (Å²) in [4.78, 5) is 22.4.